The summed E-state index contributed by atoms with van der Waals surface area (Å²) in [5.41, 5.74) is 4.02. The normalized spacial score (nSPS) is 10.4. The molecule has 0 fully saturated rings. The van der Waals surface area contributed by atoms with Gasteiger partial charge < -0.3 is 20.7 Å². The van der Waals surface area contributed by atoms with Gasteiger partial charge in [-0.3, -0.25) is 9.59 Å². The summed E-state index contributed by atoms with van der Waals surface area (Å²) in [4.78, 5) is 22.5. The molecule has 1 rings (SSSR count). The Balaban J connectivity index is 2.47. The summed E-state index contributed by atoms with van der Waals surface area (Å²) in [6.45, 7) is 2.53. The predicted octanol–water partition coefficient (Wildman–Crippen LogP) is -0.918. The van der Waals surface area contributed by atoms with E-state index in [1.165, 1.54) is 6.07 Å². The first-order valence-electron chi connectivity index (χ1n) is 6.89. The van der Waals surface area contributed by atoms with Crippen LogP contribution in [0.3, 0.4) is 0 Å². The lowest BCUT2D eigenvalue weighted by atomic mass is 10.2. The Labute approximate surface area is 123 Å². The second-order valence-electron chi connectivity index (χ2n) is 4.55. The van der Waals surface area contributed by atoms with Crippen LogP contribution in [0.25, 0.3) is 0 Å². The van der Waals surface area contributed by atoms with Crippen molar-refractivity contribution in [2.75, 3.05) is 13.2 Å². The van der Waals surface area contributed by atoms with Gasteiger partial charge in [0.1, 0.15) is 6.54 Å². The van der Waals surface area contributed by atoms with E-state index in [0.717, 1.165) is 0 Å². The quantitative estimate of drug-likeness (QED) is 0.424. The van der Waals surface area contributed by atoms with Crippen molar-refractivity contribution in [3.8, 4) is 11.5 Å². The van der Waals surface area contributed by atoms with E-state index in [2.05, 4.69) is 5.73 Å². The Hall–Kier alpha value is -2.15. The molecule has 0 spiro atoms. The number of ketones is 1. The average Bonchev–Trinajstić information content (AvgIpc) is 2.48. The van der Waals surface area contributed by atoms with Crippen molar-refractivity contribution in [2.24, 2.45) is 0 Å². The zero-order valence-corrected chi connectivity index (χ0v) is 12.2. The summed E-state index contributed by atoms with van der Waals surface area (Å²) in [7, 11) is 0. The van der Waals surface area contributed by atoms with Gasteiger partial charge in [-0.05, 0) is 0 Å². The number of hydrogen-bond acceptors (Lipinski definition) is 5. The molecule has 21 heavy (non-hydrogen) atoms. The maximum Gasteiger partial charge on any atom is 0.306 e. The van der Waals surface area contributed by atoms with Crippen LogP contribution in [0.5, 0.6) is 11.5 Å². The minimum atomic E-state index is -0.432. The van der Waals surface area contributed by atoms with E-state index < -0.39 is 5.97 Å². The van der Waals surface area contributed by atoms with Gasteiger partial charge in [-0.25, -0.2) is 0 Å². The number of carbonyl (C=O) groups is 2. The standard InChI is InChI=1S/C14H20N2O5/c1-2-11-14(20)12(18)5-6-16(11)7-8-21-13(19)4-3-10(17)9-15/h5-6,20H,2-4,7-9,15H2,1H3/p+2. The first-order chi connectivity index (χ1) is 9.99. The molecule has 1 aromatic heterocycles. The molecule has 1 aromatic rings. The number of ether oxygens (including phenoxy) is 1. The van der Waals surface area contributed by atoms with Gasteiger partial charge in [0.2, 0.25) is 11.4 Å². The van der Waals surface area contributed by atoms with Crippen LogP contribution in [0.2, 0.25) is 0 Å². The molecule has 5 N–H and O–H groups in total. The second kappa shape index (κ2) is 8.21. The molecule has 0 atom stereocenters. The number of Topliss-reactive ketones (excluding diaryl/α,β-unsaturated/α-hetero) is 1. The second-order valence-corrected chi connectivity index (χ2v) is 4.55. The zero-order valence-electron chi connectivity index (χ0n) is 12.2. The highest BCUT2D eigenvalue weighted by Crippen LogP contribution is 2.25. The predicted molar refractivity (Wildman–Crippen MR) is 72.3 cm³/mol. The third-order valence-corrected chi connectivity index (χ3v) is 3.09. The van der Waals surface area contributed by atoms with Crippen molar-refractivity contribution in [3.05, 3.63) is 18.0 Å². The molecule has 0 saturated heterocycles. The van der Waals surface area contributed by atoms with Crippen LogP contribution in [0.1, 0.15) is 25.5 Å². The molecule has 0 unspecified atom stereocenters. The van der Waals surface area contributed by atoms with Crippen LogP contribution in [0, 0.1) is 0 Å². The van der Waals surface area contributed by atoms with Gasteiger partial charge in [-0.2, -0.15) is 4.57 Å². The fourth-order valence-corrected chi connectivity index (χ4v) is 1.89. The van der Waals surface area contributed by atoms with Gasteiger partial charge in [-0.1, -0.05) is 6.92 Å². The Bertz CT molecular complexity index is 516. The highest BCUT2D eigenvalue weighted by molar-refractivity contribution is 5.83. The van der Waals surface area contributed by atoms with Gasteiger partial charge in [0.15, 0.2) is 30.9 Å². The number of pyridine rings is 1. The Morgan fingerprint density at radius 3 is 2.67 bits per heavy atom. The van der Waals surface area contributed by atoms with Crippen LogP contribution in [-0.2, 0) is 27.3 Å². The average molecular weight is 298 g/mol. The summed E-state index contributed by atoms with van der Waals surface area (Å²) < 4.78 is 6.75. The van der Waals surface area contributed by atoms with E-state index in [1.807, 2.05) is 6.92 Å². The maximum absolute atomic E-state index is 11.4. The summed E-state index contributed by atoms with van der Waals surface area (Å²) in [5.74, 6) is -0.837. The fraction of sp³-hybridized carbons (Fsp3) is 0.500. The molecule has 0 aromatic carbocycles. The smallest absolute Gasteiger partial charge is 0.306 e. The summed E-state index contributed by atoms with van der Waals surface area (Å²) in [6.07, 6.45) is 2.36. The molecule has 7 nitrogen and oxygen atoms in total. The Morgan fingerprint density at radius 1 is 1.33 bits per heavy atom. The lowest BCUT2D eigenvalue weighted by Gasteiger charge is -2.06. The lowest BCUT2D eigenvalue weighted by molar-refractivity contribution is -0.705. The Morgan fingerprint density at radius 2 is 2.05 bits per heavy atom. The summed E-state index contributed by atoms with van der Waals surface area (Å²) in [6, 6.07) is 1.38. The zero-order chi connectivity index (χ0) is 15.8. The van der Waals surface area contributed by atoms with Crippen LogP contribution in [0.15, 0.2) is 12.3 Å². The van der Waals surface area contributed by atoms with E-state index in [0.29, 0.717) is 18.7 Å². The number of nitrogens with zero attached hydrogens (tertiary/aromatic N) is 1. The van der Waals surface area contributed by atoms with Crippen molar-refractivity contribution in [2.45, 2.75) is 32.7 Å². The molecular formula is C14H22N2O5+2. The van der Waals surface area contributed by atoms with Crippen LogP contribution >= 0.6 is 0 Å². The molecule has 7 heteroatoms. The summed E-state index contributed by atoms with van der Waals surface area (Å²) in [5, 5.41) is 19.2. The minimum Gasteiger partial charge on any atom is -0.504 e. The van der Waals surface area contributed by atoms with Crippen molar-refractivity contribution in [1.82, 2.24) is 0 Å². The topological polar surface area (TPSA) is 115 Å². The van der Waals surface area contributed by atoms with E-state index in [-0.39, 0.29) is 43.3 Å². The van der Waals surface area contributed by atoms with Crippen LogP contribution in [0.4, 0.5) is 0 Å². The minimum absolute atomic E-state index is 0.0560. The highest BCUT2D eigenvalue weighted by atomic mass is 16.5. The molecule has 0 amide bonds. The Kier molecular flexibility index (Phi) is 6.61. The maximum atomic E-state index is 11.4. The highest BCUT2D eigenvalue weighted by Gasteiger charge is 2.18. The number of carbonyl (C=O) groups excluding carboxylic acids is 2. The van der Waals surface area contributed by atoms with Crippen molar-refractivity contribution < 1.29 is 34.8 Å². The van der Waals surface area contributed by atoms with Gasteiger partial charge >= 0.3 is 5.97 Å². The van der Waals surface area contributed by atoms with E-state index in [9.17, 15) is 19.8 Å². The van der Waals surface area contributed by atoms with Crippen LogP contribution < -0.4 is 10.3 Å². The largest absolute Gasteiger partial charge is 0.504 e. The van der Waals surface area contributed by atoms with Gasteiger partial charge in [0, 0.05) is 18.9 Å². The first kappa shape index (κ1) is 16.9. The molecule has 0 aliphatic rings. The van der Waals surface area contributed by atoms with Crippen molar-refractivity contribution >= 4 is 11.8 Å². The lowest BCUT2D eigenvalue weighted by Crippen LogP contribution is -2.54. The molecule has 1 heterocycles. The monoisotopic (exact) mass is 298 g/mol. The molecule has 116 valence electrons. The first-order valence-corrected chi connectivity index (χ1v) is 6.89. The molecule has 0 aliphatic carbocycles. The van der Waals surface area contributed by atoms with E-state index >= 15 is 0 Å². The molecule has 0 aliphatic heterocycles. The van der Waals surface area contributed by atoms with Crippen molar-refractivity contribution in [3.63, 3.8) is 0 Å². The number of aromatic nitrogens is 1. The van der Waals surface area contributed by atoms with Crippen LogP contribution in [-0.4, -0.2) is 35.1 Å². The van der Waals surface area contributed by atoms with E-state index in [1.54, 1.807) is 10.8 Å². The number of esters is 1. The number of rotatable bonds is 8. The third-order valence-electron chi connectivity index (χ3n) is 3.09. The molecule has 0 radical (unpaired) electrons. The fourth-order valence-electron chi connectivity index (χ4n) is 1.89. The number of hydrogen-bond donors (Lipinski definition) is 3. The molecule has 0 saturated carbocycles. The van der Waals surface area contributed by atoms with Gasteiger partial charge in [-0.15, -0.1) is 0 Å². The molecule has 0 bridgehead atoms. The van der Waals surface area contributed by atoms with Gasteiger partial charge in [0.25, 0.3) is 0 Å². The SMILES string of the molecule is CCc1c(O)c(O)cc[n+]1CCOC(=O)CCC(=O)C[NH3+]. The van der Waals surface area contributed by atoms with Crippen molar-refractivity contribution in [1.29, 1.82) is 0 Å². The third kappa shape index (κ3) is 5.03. The number of aromatic hydroxyl groups is 2. The van der Waals surface area contributed by atoms with Gasteiger partial charge in [0.05, 0.1) is 6.42 Å². The van der Waals surface area contributed by atoms with E-state index in [4.69, 9.17) is 4.74 Å². The number of quaternary nitrogens is 1. The molecular weight excluding hydrogens is 276 g/mol. The summed E-state index contributed by atoms with van der Waals surface area (Å²) >= 11 is 0.